The molecular weight excluding hydrogens is 299 g/mol. The standard InChI is InChI=1S/C18H18ClFN2/c1-2-12-3-5-13(6-4-12)15-10-21-18(22-11-15)14-7-8-17(20)16(19)9-14/h2,7-13H,1,3-6H2. The van der Waals surface area contributed by atoms with Gasteiger partial charge in [0.05, 0.1) is 5.02 Å². The highest BCUT2D eigenvalue weighted by molar-refractivity contribution is 6.31. The van der Waals surface area contributed by atoms with Gasteiger partial charge in [0.25, 0.3) is 0 Å². The summed E-state index contributed by atoms with van der Waals surface area (Å²) in [6.07, 6.45) is 10.5. The Morgan fingerprint density at radius 3 is 2.41 bits per heavy atom. The largest absolute Gasteiger partial charge is 0.236 e. The Labute approximate surface area is 135 Å². The molecule has 0 N–H and O–H groups in total. The highest BCUT2D eigenvalue weighted by Gasteiger charge is 2.21. The van der Waals surface area contributed by atoms with E-state index < -0.39 is 5.82 Å². The highest BCUT2D eigenvalue weighted by Crippen LogP contribution is 2.35. The molecule has 22 heavy (non-hydrogen) atoms. The monoisotopic (exact) mass is 316 g/mol. The third-order valence-electron chi connectivity index (χ3n) is 4.43. The molecule has 1 heterocycles. The zero-order chi connectivity index (χ0) is 15.5. The zero-order valence-corrected chi connectivity index (χ0v) is 13.1. The van der Waals surface area contributed by atoms with Crippen LogP contribution in [0.4, 0.5) is 4.39 Å². The summed E-state index contributed by atoms with van der Waals surface area (Å²) in [5.41, 5.74) is 1.91. The summed E-state index contributed by atoms with van der Waals surface area (Å²) in [4.78, 5) is 8.84. The number of allylic oxidation sites excluding steroid dienone is 1. The number of nitrogens with zero attached hydrogens (tertiary/aromatic N) is 2. The molecule has 2 nitrogen and oxygen atoms in total. The quantitative estimate of drug-likeness (QED) is 0.709. The molecule has 0 saturated heterocycles. The molecule has 0 atom stereocenters. The molecule has 3 rings (SSSR count). The fraction of sp³-hybridized carbons (Fsp3) is 0.333. The summed E-state index contributed by atoms with van der Waals surface area (Å²) in [5, 5.41) is 0.0907. The highest BCUT2D eigenvalue weighted by atomic mass is 35.5. The van der Waals surface area contributed by atoms with E-state index in [1.807, 2.05) is 12.4 Å². The van der Waals surface area contributed by atoms with Crippen LogP contribution in [0.15, 0.2) is 43.2 Å². The summed E-state index contributed by atoms with van der Waals surface area (Å²) in [6, 6.07) is 4.54. The first-order valence-electron chi connectivity index (χ1n) is 7.57. The van der Waals surface area contributed by atoms with Crippen LogP contribution < -0.4 is 0 Å². The Balaban J connectivity index is 1.75. The number of aromatic nitrogens is 2. The van der Waals surface area contributed by atoms with Crippen molar-refractivity contribution in [2.24, 2.45) is 5.92 Å². The maximum Gasteiger partial charge on any atom is 0.159 e. The predicted molar refractivity (Wildman–Crippen MR) is 87.3 cm³/mol. The van der Waals surface area contributed by atoms with Gasteiger partial charge in [-0.1, -0.05) is 17.7 Å². The van der Waals surface area contributed by atoms with Crippen molar-refractivity contribution in [2.75, 3.05) is 0 Å². The van der Waals surface area contributed by atoms with Crippen LogP contribution in [0.25, 0.3) is 11.4 Å². The van der Waals surface area contributed by atoms with Gasteiger partial charge in [-0.2, -0.15) is 0 Å². The van der Waals surface area contributed by atoms with Gasteiger partial charge in [0.15, 0.2) is 5.82 Å². The molecule has 0 aliphatic heterocycles. The minimum Gasteiger partial charge on any atom is -0.236 e. The molecule has 1 aliphatic rings. The Hall–Kier alpha value is -1.74. The van der Waals surface area contributed by atoms with Gasteiger partial charge < -0.3 is 0 Å². The molecule has 0 amide bonds. The summed E-state index contributed by atoms with van der Waals surface area (Å²) >= 11 is 5.81. The maximum absolute atomic E-state index is 13.2. The Morgan fingerprint density at radius 2 is 1.82 bits per heavy atom. The fourth-order valence-electron chi connectivity index (χ4n) is 3.02. The van der Waals surface area contributed by atoms with Gasteiger partial charge in [-0.15, -0.1) is 6.58 Å². The van der Waals surface area contributed by atoms with Crippen LogP contribution in [0, 0.1) is 11.7 Å². The summed E-state index contributed by atoms with van der Waals surface area (Å²) in [6.45, 7) is 3.88. The predicted octanol–water partition coefficient (Wildman–Crippen LogP) is 5.40. The van der Waals surface area contributed by atoms with E-state index in [1.165, 1.54) is 24.5 Å². The van der Waals surface area contributed by atoms with Gasteiger partial charge in [-0.05, 0) is 61.3 Å². The van der Waals surface area contributed by atoms with Crippen molar-refractivity contribution < 1.29 is 4.39 Å². The minimum atomic E-state index is -0.430. The van der Waals surface area contributed by atoms with Crippen molar-refractivity contribution in [3.63, 3.8) is 0 Å². The van der Waals surface area contributed by atoms with E-state index >= 15 is 0 Å². The molecule has 1 fully saturated rings. The topological polar surface area (TPSA) is 25.8 Å². The van der Waals surface area contributed by atoms with Crippen LogP contribution in [0.1, 0.15) is 37.2 Å². The number of hydrogen-bond acceptors (Lipinski definition) is 2. The van der Waals surface area contributed by atoms with Crippen LogP contribution in [0.2, 0.25) is 5.02 Å². The van der Waals surface area contributed by atoms with E-state index in [2.05, 4.69) is 22.6 Å². The van der Waals surface area contributed by atoms with Crippen molar-refractivity contribution in [2.45, 2.75) is 31.6 Å². The van der Waals surface area contributed by atoms with Crippen molar-refractivity contribution in [3.8, 4) is 11.4 Å². The molecule has 0 bridgehead atoms. The van der Waals surface area contributed by atoms with Crippen molar-refractivity contribution in [3.05, 3.63) is 59.7 Å². The summed E-state index contributed by atoms with van der Waals surface area (Å²) < 4.78 is 13.2. The average molecular weight is 317 g/mol. The normalized spacial score (nSPS) is 21.5. The number of halogens is 2. The van der Waals surface area contributed by atoms with Gasteiger partial charge in [-0.3, -0.25) is 0 Å². The SMILES string of the molecule is C=CC1CCC(c2cnc(-c3ccc(F)c(Cl)c3)nc2)CC1. The van der Waals surface area contributed by atoms with Gasteiger partial charge in [0.2, 0.25) is 0 Å². The zero-order valence-electron chi connectivity index (χ0n) is 12.3. The Bertz CT molecular complexity index is 661. The molecule has 0 spiro atoms. The second-order valence-electron chi connectivity index (χ2n) is 5.82. The van der Waals surface area contributed by atoms with Crippen molar-refractivity contribution >= 4 is 11.6 Å². The molecule has 1 aromatic heterocycles. The first-order valence-corrected chi connectivity index (χ1v) is 7.95. The van der Waals surface area contributed by atoms with Crippen LogP contribution >= 0.6 is 11.6 Å². The molecule has 0 unspecified atom stereocenters. The first kappa shape index (κ1) is 15.2. The third kappa shape index (κ3) is 3.20. The van der Waals surface area contributed by atoms with Crippen molar-refractivity contribution in [1.29, 1.82) is 0 Å². The molecular formula is C18H18ClFN2. The number of hydrogen-bond donors (Lipinski definition) is 0. The van der Waals surface area contributed by atoms with Crippen LogP contribution in [0.3, 0.4) is 0 Å². The van der Waals surface area contributed by atoms with E-state index in [9.17, 15) is 4.39 Å². The molecule has 114 valence electrons. The summed E-state index contributed by atoms with van der Waals surface area (Å²) in [7, 11) is 0. The minimum absolute atomic E-state index is 0.0907. The number of rotatable bonds is 3. The summed E-state index contributed by atoms with van der Waals surface area (Å²) in [5.74, 6) is 1.33. The molecule has 1 saturated carbocycles. The lowest BCUT2D eigenvalue weighted by molar-refractivity contribution is 0.375. The van der Waals surface area contributed by atoms with E-state index in [4.69, 9.17) is 11.6 Å². The molecule has 1 aromatic carbocycles. The average Bonchev–Trinajstić information content (AvgIpc) is 2.58. The molecule has 4 heteroatoms. The maximum atomic E-state index is 13.2. The lowest BCUT2D eigenvalue weighted by Gasteiger charge is -2.26. The Kier molecular flexibility index (Phi) is 4.53. The van der Waals surface area contributed by atoms with Gasteiger partial charge >= 0.3 is 0 Å². The lowest BCUT2D eigenvalue weighted by atomic mass is 9.79. The number of benzene rings is 1. The molecule has 2 aromatic rings. The van der Waals surface area contributed by atoms with Gasteiger partial charge in [0, 0.05) is 18.0 Å². The van der Waals surface area contributed by atoms with Gasteiger partial charge in [0.1, 0.15) is 5.82 Å². The second kappa shape index (κ2) is 6.57. The molecule has 1 aliphatic carbocycles. The van der Waals surface area contributed by atoms with E-state index in [0.29, 0.717) is 17.7 Å². The van der Waals surface area contributed by atoms with Crippen LogP contribution in [-0.4, -0.2) is 9.97 Å². The van der Waals surface area contributed by atoms with Crippen molar-refractivity contribution in [1.82, 2.24) is 9.97 Å². The van der Waals surface area contributed by atoms with Gasteiger partial charge in [-0.25, -0.2) is 14.4 Å². The molecule has 0 radical (unpaired) electrons. The third-order valence-corrected chi connectivity index (χ3v) is 4.72. The van der Waals surface area contributed by atoms with E-state index in [-0.39, 0.29) is 5.02 Å². The fourth-order valence-corrected chi connectivity index (χ4v) is 3.20. The van der Waals surface area contributed by atoms with E-state index in [0.717, 1.165) is 18.4 Å². The smallest absolute Gasteiger partial charge is 0.159 e. The Morgan fingerprint density at radius 1 is 1.14 bits per heavy atom. The van der Waals surface area contributed by atoms with Crippen LogP contribution in [-0.2, 0) is 0 Å². The van der Waals surface area contributed by atoms with E-state index in [1.54, 1.807) is 12.1 Å². The first-order chi connectivity index (χ1) is 10.7. The van der Waals surface area contributed by atoms with Crippen LogP contribution in [0.5, 0.6) is 0 Å². The lowest BCUT2D eigenvalue weighted by Crippen LogP contribution is -2.12. The second-order valence-corrected chi connectivity index (χ2v) is 6.22.